The summed E-state index contributed by atoms with van der Waals surface area (Å²) < 4.78 is 0. The Hall–Kier alpha value is 1.48. The van der Waals surface area contributed by atoms with Gasteiger partial charge in [-0.15, -0.1) is 0 Å². The van der Waals surface area contributed by atoms with E-state index in [0.29, 0.717) is 0 Å². The summed E-state index contributed by atoms with van der Waals surface area (Å²) in [5.41, 5.74) is -2.90. The molecule has 0 unspecified atom stereocenters. The van der Waals surface area contributed by atoms with E-state index in [1.165, 1.54) is 76.0 Å². The Labute approximate surface area is 171 Å². The predicted molar refractivity (Wildman–Crippen MR) is 133 cm³/mol. The van der Waals surface area contributed by atoms with E-state index in [9.17, 15) is 9.79 Å². The van der Waals surface area contributed by atoms with Crippen LogP contribution in [-0.4, -0.2) is 45.9 Å². The van der Waals surface area contributed by atoms with Crippen molar-refractivity contribution < 1.29 is 9.79 Å². The molecule has 2 N–H and O–H groups in total. The van der Waals surface area contributed by atoms with Gasteiger partial charge < -0.3 is 0 Å². The molecule has 0 aliphatic heterocycles. The molecule has 0 radical (unpaired) electrons. The molecule has 6 heteroatoms. The summed E-state index contributed by atoms with van der Waals surface area (Å²) in [4.78, 5) is 22.7. The summed E-state index contributed by atoms with van der Waals surface area (Å²) in [6, 6.07) is 0. The fraction of sp³-hybridized carbons (Fsp3) is 1.00. The van der Waals surface area contributed by atoms with Crippen LogP contribution in [0.15, 0.2) is 0 Å². The average Bonchev–Trinajstić information content (AvgIpc) is 2.62. The Balaban J connectivity index is 6.28. The van der Waals surface area contributed by atoms with E-state index in [4.69, 9.17) is 0 Å². The van der Waals surface area contributed by atoms with E-state index in [2.05, 4.69) is 41.5 Å². The van der Waals surface area contributed by atoms with Crippen molar-refractivity contribution in [1.29, 1.82) is 0 Å². The van der Waals surface area contributed by atoms with E-state index < -0.39 is 11.5 Å². The Morgan fingerprint density at radius 1 is 0.654 bits per heavy atom. The predicted octanol–water partition coefficient (Wildman–Crippen LogP) is 7.71. The Morgan fingerprint density at radius 2 is 0.962 bits per heavy atom. The van der Waals surface area contributed by atoms with Gasteiger partial charge in [0.05, 0.1) is 0 Å². The molecule has 0 aliphatic carbocycles. The maximum absolute atomic E-state index is 11.3. The summed E-state index contributed by atoms with van der Waals surface area (Å²) in [6.45, 7) is 13.4. The van der Waals surface area contributed by atoms with Gasteiger partial charge in [-0.25, -0.2) is 0 Å². The van der Waals surface area contributed by atoms with Crippen molar-refractivity contribution in [3.63, 3.8) is 0 Å². The van der Waals surface area contributed by atoms with Crippen molar-refractivity contribution in [2.24, 2.45) is 0 Å². The first-order chi connectivity index (χ1) is 12.3. The number of hydrogen-bond donors (Lipinski definition) is 2. The molecular weight excluding hydrogens is 398 g/mol. The minimum atomic E-state index is -2.90. The molecular formula is C20H48O2P2S2. The number of hydrogen-bond acceptors (Lipinski definition) is 1. The average molecular weight is 447 g/mol. The molecule has 0 saturated heterocycles. The zero-order chi connectivity index (χ0) is 20.1. The van der Waals surface area contributed by atoms with Gasteiger partial charge in [-0.3, -0.25) is 0 Å². The van der Waals surface area contributed by atoms with Gasteiger partial charge in [0.2, 0.25) is 0 Å². The van der Waals surface area contributed by atoms with Crippen molar-refractivity contribution >= 4 is 32.6 Å². The zero-order valence-corrected chi connectivity index (χ0v) is 21.9. The van der Waals surface area contributed by atoms with Crippen molar-refractivity contribution in [3.8, 4) is 0 Å². The molecule has 0 bridgehead atoms. The molecule has 0 rings (SSSR count). The second kappa shape index (κ2) is 13.7. The molecule has 0 atom stereocenters. The first-order valence-electron chi connectivity index (χ1n) is 11.0. The summed E-state index contributed by atoms with van der Waals surface area (Å²) in [5, 5.41) is 0. The van der Waals surface area contributed by atoms with Crippen molar-refractivity contribution in [2.45, 2.75) is 92.9 Å². The topological polar surface area (TPSA) is 40.5 Å². The number of unbranched alkanes of at least 4 members (excludes halogenated alkanes) is 4. The second-order valence-corrected chi connectivity index (χ2v) is 26.9. The molecule has 2 nitrogen and oxygen atoms in total. The van der Waals surface area contributed by atoms with Crippen LogP contribution < -0.4 is 0 Å². The molecule has 0 aliphatic rings. The minimum absolute atomic E-state index is 0.225. The second-order valence-electron chi connectivity index (χ2n) is 7.78. The van der Waals surface area contributed by atoms with Gasteiger partial charge in [-0.2, -0.15) is 0 Å². The molecule has 0 amide bonds. The van der Waals surface area contributed by atoms with Gasteiger partial charge >= 0.3 is 171 Å². The first-order valence-corrected chi connectivity index (χ1v) is 19.9. The molecule has 0 aromatic heterocycles. The monoisotopic (exact) mass is 446 g/mol. The van der Waals surface area contributed by atoms with Crippen molar-refractivity contribution in [3.05, 3.63) is 0 Å². The maximum atomic E-state index is 11.3. The Morgan fingerprint density at radius 3 is 1.19 bits per heavy atom. The summed E-state index contributed by atoms with van der Waals surface area (Å²) in [5.74, 6) is -0.353. The van der Waals surface area contributed by atoms with Crippen molar-refractivity contribution in [2.75, 3.05) is 36.2 Å². The molecule has 0 saturated carbocycles. The van der Waals surface area contributed by atoms with Gasteiger partial charge in [-0.05, 0) is 0 Å². The third-order valence-electron chi connectivity index (χ3n) is 5.65. The molecule has 0 aromatic carbocycles. The van der Waals surface area contributed by atoms with Crippen molar-refractivity contribution in [1.82, 2.24) is 0 Å². The molecule has 162 valence electrons. The van der Waals surface area contributed by atoms with Gasteiger partial charge in [0, 0.05) is 0 Å². The van der Waals surface area contributed by atoms with Crippen LogP contribution in [0.25, 0.3) is 0 Å². The van der Waals surface area contributed by atoms with Crippen LogP contribution in [-0.2, 0) is 10.1 Å². The van der Waals surface area contributed by atoms with Gasteiger partial charge in [0.15, 0.2) is 0 Å². The fourth-order valence-electron chi connectivity index (χ4n) is 3.95. The molecule has 0 heterocycles. The SMILES string of the molecule is CCCCP(CCCC)(CCCC)(CCCC)SP(O)(O)=S(CC)CC. The van der Waals surface area contributed by atoms with Gasteiger partial charge in [-0.1, -0.05) is 0 Å². The van der Waals surface area contributed by atoms with Crippen LogP contribution in [0.5, 0.6) is 0 Å². The van der Waals surface area contributed by atoms with E-state index >= 15 is 0 Å². The molecule has 0 aromatic rings. The summed E-state index contributed by atoms with van der Waals surface area (Å²) in [6.07, 6.45) is 15.0. The van der Waals surface area contributed by atoms with Gasteiger partial charge in [0.1, 0.15) is 0 Å². The van der Waals surface area contributed by atoms with E-state index in [1.54, 1.807) is 0 Å². The van der Waals surface area contributed by atoms with Crippen LogP contribution in [0, 0.1) is 0 Å². The summed E-state index contributed by atoms with van der Waals surface area (Å²) in [7, 11) is -0.225. The van der Waals surface area contributed by atoms with Crippen LogP contribution >= 0.6 is 22.5 Å². The summed E-state index contributed by atoms with van der Waals surface area (Å²) >= 11 is 1.82. The zero-order valence-electron chi connectivity index (χ0n) is 18.5. The Bertz CT molecular complexity index is 386. The third-order valence-corrected chi connectivity index (χ3v) is 31.7. The van der Waals surface area contributed by atoms with E-state index in [-0.39, 0.29) is 10.1 Å². The van der Waals surface area contributed by atoms with Crippen LogP contribution in [0.3, 0.4) is 0 Å². The van der Waals surface area contributed by atoms with Crippen LogP contribution in [0.1, 0.15) is 92.9 Å². The first kappa shape index (κ1) is 27.5. The molecule has 26 heavy (non-hydrogen) atoms. The van der Waals surface area contributed by atoms with Crippen LogP contribution in [0.4, 0.5) is 0 Å². The number of rotatable bonds is 16. The fourth-order valence-corrected chi connectivity index (χ4v) is 37.2. The standard InChI is InChI=1S/C20H48O2P2S2/c1-7-13-17-24(18-14-8-2,19-15-9-3,20-16-10-4)25-23(21,22)26(11-5)12-6/h21-22H,7-20H2,1-6H3. The van der Waals surface area contributed by atoms with Crippen LogP contribution in [0.2, 0.25) is 0 Å². The molecule has 0 fully saturated rings. The normalized spacial score (nSPS) is 14.6. The van der Waals surface area contributed by atoms with Gasteiger partial charge in [0.25, 0.3) is 0 Å². The van der Waals surface area contributed by atoms with E-state index in [1.807, 2.05) is 11.0 Å². The Kier molecular flexibility index (Phi) is 14.4. The third kappa shape index (κ3) is 8.46. The quantitative estimate of drug-likeness (QED) is 0.239. The molecule has 0 spiro atoms. The van der Waals surface area contributed by atoms with E-state index in [0.717, 1.165) is 11.5 Å².